The Kier molecular flexibility index (Phi) is 4.76. The van der Waals surface area contributed by atoms with Gasteiger partial charge in [0, 0.05) is 0 Å². The molecule has 2 bridgehead atoms. The van der Waals surface area contributed by atoms with Crippen LogP contribution in [0.5, 0.6) is 0 Å². The fourth-order valence-electron chi connectivity index (χ4n) is 6.42. The van der Waals surface area contributed by atoms with Crippen LogP contribution < -0.4 is 10.6 Å². The maximum Gasteiger partial charge on any atom is 0.307 e. The number of pyridine rings is 1. The fourth-order valence-corrected chi connectivity index (χ4v) is 6.66. The monoisotopic (exact) mass is 455 g/mol. The van der Waals surface area contributed by atoms with Crippen LogP contribution >= 0.6 is 28.3 Å². The SMILES string of the molecule is Cl.O=C(O)[C@H]1[C@H](C(=O)Nc2ccc(Br)nc2)[C@@H]2CC[C@H]1C21CC1C1CNC1. The van der Waals surface area contributed by atoms with Crippen molar-refractivity contribution in [2.24, 2.45) is 40.9 Å². The first-order valence-electron chi connectivity index (χ1n) is 9.38. The van der Waals surface area contributed by atoms with Gasteiger partial charge in [-0.25, -0.2) is 4.98 Å². The minimum absolute atomic E-state index is 0. The van der Waals surface area contributed by atoms with E-state index in [2.05, 4.69) is 31.5 Å². The van der Waals surface area contributed by atoms with Gasteiger partial charge in [-0.05, 0) is 89.5 Å². The molecule has 4 aliphatic rings. The van der Waals surface area contributed by atoms with Crippen LogP contribution in [-0.2, 0) is 9.59 Å². The van der Waals surface area contributed by atoms with Crippen LogP contribution in [0.2, 0.25) is 0 Å². The number of carboxylic acid groups (broad SMARTS) is 1. The average Bonchev–Trinajstić information content (AvgIpc) is 3.08. The third-order valence-electron chi connectivity index (χ3n) is 7.49. The summed E-state index contributed by atoms with van der Waals surface area (Å²) in [6, 6.07) is 3.56. The van der Waals surface area contributed by atoms with Crippen molar-refractivity contribution >= 4 is 45.9 Å². The van der Waals surface area contributed by atoms with Crippen molar-refractivity contribution in [3.05, 3.63) is 22.9 Å². The van der Waals surface area contributed by atoms with Crippen LogP contribution in [-0.4, -0.2) is 35.1 Å². The first kappa shape index (κ1) is 19.2. The number of rotatable bonds is 4. The number of nitrogens with zero attached hydrogens (tertiary/aromatic N) is 1. The largest absolute Gasteiger partial charge is 0.481 e. The lowest BCUT2D eigenvalue weighted by molar-refractivity contribution is -0.148. The Morgan fingerprint density at radius 2 is 1.89 bits per heavy atom. The van der Waals surface area contributed by atoms with Crippen molar-refractivity contribution in [1.82, 2.24) is 10.3 Å². The number of nitrogens with one attached hydrogen (secondary N) is 2. The number of carboxylic acids is 1. The van der Waals surface area contributed by atoms with Gasteiger partial charge < -0.3 is 15.7 Å². The number of anilines is 1. The number of hydrogen-bond donors (Lipinski definition) is 3. The molecule has 3 N–H and O–H groups in total. The second-order valence-corrected chi connectivity index (χ2v) is 9.19. The number of halogens is 2. The smallest absolute Gasteiger partial charge is 0.307 e. The molecule has 3 aliphatic carbocycles. The molecule has 4 fully saturated rings. The Hall–Kier alpha value is -1.18. The predicted octanol–water partition coefficient (Wildman–Crippen LogP) is 2.79. The van der Waals surface area contributed by atoms with Gasteiger partial charge in [0.1, 0.15) is 4.60 Å². The number of hydrogen-bond acceptors (Lipinski definition) is 4. The molecule has 0 radical (unpaired) electrons. The van der Waals surface area contributed by atoms with Crippen LogP contribution in [0.4, 0.5) is 5.69 Å². The van der Waals surface area contributed by atoms with E-state index in [9.17, 15) is 14.7 Å². The summed E-state index contributed by atoms with van der Waals surface area (Å²) in [4.78, 5) is 29.3. The van der Waals surface area contributed by atoms with E-state index in [4.69, 9.17) is 0 Å². The lowest BCUT2D eigenvalue weighted by atomic mass is 9.78. The third kappa shape index (κ3) is 2.73. The van der Waals surface area contributed by atoms with Crippen molar-refractivity contribution in [3.63, 3.8) is 0 Å². The van der Waals surface area contributed by atoms with Crippen LogP contribution in [0.3, 0.4) is 0 Å². The van der Waals surface area contributed by atoms with Gasteiger partial charge in [-0.2, -0.15) is 0 Å². The third-order valence-corrected chi connectivity index (χ3v) is 7.96. The molecular formula is C19H23BrClN3O3. The van der Waals surface area contributed by atoms with E-state index in [1.165, 1.54) is 0 Å². The molecule has 2 heterocycles. The Bertz CT molecular complexity index is 772. The Morgan fingerprint density at radius 3 is 2.44 bits per heavy atom. The van der Waals surface area contributed by atoms with Crippen LogP contribution in [0.25, 0.3) is 0 Å². The van der Waals surface area contributed by atoms with E-state index in [0.29, 0.717) is 22.1 Å². The van der Waals surface area contributed by atoms with E-state index in [0.717, 1.165) is 32.4 Å². The van der Waals surface area contributed by atoms with Crippen LogP contribution in [0, 0.1) is 40.9 Å². The second-order valence-electron chi connectivity index (χ2n) is 8.38. The van der Waals surface area contributed by atoms with Gasteiger partial charge in [0.25, 0.3) is 0 Å². The molecule has 1 aliphatic heterocycles. The molecule has 1 spiro atoms. The summed E-state index contributed by atoms with van der Waals surface area (Å²) in [5.41, 5.74) is 0.727. The minimum Gasteiger partial charge on any atom is -0.481 e. The zero-order valence-corrected chi connectivity index (χ0v) is 17.1. The molecule has 0 aromatic carbocycles. The van der Waals surface area contributed by atoms with Crippen molar-refractivity contribution in [3.8, 4) is 0 Å². The van der Waals surface area contributed by atoms with Gasteiger partial charge in [0.05, 0.1) is 23.7 Å². The van der Waals surface area contributed by atoms with E-state index in [-0.39, 0.29) is 35.6 Å². The summed E-state index contributed by atoms with van der Waals surface area (Å²) in [7, 11) is 0. The summed E-state index contributed by atoms with van der Waals surface area (Å²) in [6.07, 6.45) is 4.66. The normalized spacial score (nSPS) is 38.9. The van der Waals surface area contributed by atoms with E-state index in [1.54, 1.807) is 18.3 Å². The van der Waals surface area contributed by atoms with Gasteiger partial charge in [0.2, 0.25) is 5.91 Å². The number of aliphatic carboxylic acids is 1. The lowest BCUT2D eigenvalue weighted by Crippen LogP contribution is -2.44. The Morgan fingerprint density at radius 1 is 1.19 bits per heavy atom. The molecule has 2 unspecified atom stereocenters. The first-order valence-corrected chi connectivity index (χ1v) is 10.2. The van der Waals surface area contributed by atoms with Crippen LogP contribution in [0.15, 0.2) is 22.9 Å². The van der Waals surface area contributed by atoms with Gasteiger partial charge in [-0.1, -0.05) is 0 Å². The molecule has 1 amide bonds. The highest BCUT2D eigenvalue weighted by Crippen LogP contribution is 2.79. The summed E-state index contributed by atoms with van der Waals surface area (Å²) in [5.74, 6) is -0.270. The number of aromatic nitrogens is 1. The minimum atomic E-state index is -0.803. The van der Waals surface area contributed by atoms with E-state index >= 15 is 0 Å². The van der Waals surface area contributed by atoms with Gasteiger partial charge in [0.15, 0.2) is 0 Å². The summed E-state index contributed by atoms with van der Waals surface area (Å²) in [6.45, 7) is 2.09. The molecule has 1 aromatic rings. The average molecular weight is 457 g/mol. The van der Waals surface area contributed by atoms with Crippen molar-refractivity contribution in [1.29, 1.82) is 0 Å². The summed E-state index contributed by atoms with van der Waals surface area (Å²) < 4.78 is 0.702. The molecule has 1 saturated heterocycles. The first-order chi connectivity index (χ1) is 12.5. The fraction of sp³-hybridized carbons (Fsp3) is 0.632. The highest BCUT2D eigenvalue weighted by atomic mass is 79.9. The molecule has 146 valence electrons. The topological polar surface area (TPSA) is 91.3 Å². The van der Waals surface area contributed by atoms with Crippen molar-refractivity contribution in [2.45, 2.75) is 19.3 Å². The maximum absolute atomic E-state index is 13.1. The van der Waals surface area contributed by atoms with Crippen molar-refractivity contribution < 1.29 is 14.7 Å². The van der Waals surface area contributed by atoms with Crippen LogP contribution in [0.1, 0.15) is 19.3 Å². The quantitative estimate of drug-likeness (QED) is 0.606. The van der Waals surface area contributed by atoms with Crippen molar-refractivity contribution in [2.75, 3.05) is 18.4 Å². The molecule has 5 rings (SSSR count). The maximum atomic E-state index is 13.1. The number of amides is 1. The lowest BCUT2D eigenvalue weighted by Gasteiger charge is -2.31. The molecule has 27 heavy (non-hydrogen) atoms. The Labute approximate surface area is 172 Å². The van der Waals surface area contributed by atoms with E-state index in [1.807, 2.05) is 0 Å². The molecule has 8 heteroatoms. The van der Waals surface area contributed by atoms with Gasteiger partial charge in [-0.3, -0.25) is 9.59 Å². The molecule has 6 atom stereocenters. The highest BCUT2D eigenvalue weighted by molar-refractivity contribution is 9.10. The van der Waals surface area contributed by atoms with Gasteiger partial charge in [-0.15, -0.1) is 12.4 Å². The highest BCUT2D eigenvalue weighted by Gasteiger charge is 2.77. The molecule has 3 saturated carbocycles. The van der Waals surface area contributed by atoms with Gasteiger partial charge >= 0.3 is 5.97 Å². The summed E-state index contributed by atoms with van der Waals surface area (Å²) >= 11 is 3.28. The predicted molar refractivity (Wildman–Crippen MR) is 106 cm³/mol. The second kappa shape index (κ2) is 6.71. The number of carbonyl (C=O) groups is 2. The molecule has 1 aromatic heterocycles. The zero-order chi connectivity index (χ0) is 18.1. The van der Waals surface area contributed by atoms with E-state index < -0.39 is 17.8 Å². The number of carbonyl (C=O) groups excluding carboxylic acids is 1. The molecule has 6 nitrogen and oxygen atoms in total. The molecular weight excluding hydrogens is 434 g/mol. The summed E-state index contributed by atoms with van der Waals surface area (Å²) in [5, 5.41) is 16.2. The standard InChI is InChI=1S/C19H22BrN3O3.ClH/c20-14-4-1-10(8-22-14)23-17(24)15-11-2-3-12(16(15)18(25)26)19(11)5-13(19)9-6-21-7-9;/h1,4,8-9,11-13,15-16,21H,2-3,5-7H2,(H,23,24)(H,25,26);1H/t11-,12+,13?,15+,16+,19?;/m0./s1. The Balaban J connectivity index is 0.00000180. The zero-order valence-electron chi connectivity index (χ0n) is 14.7.